The Morgan fingerprint density at radius 3 is 2.18 bits per heavy atom. The van der Waals surface area contributed by atoms with Crippen molar-refractivity contribution in [2.45, 2.75) is 18.9 Å². The molecule has 1 atom stereocenters. The number of halogens is 1. The Labute approximate surface area is 128 Å². The fraction of sp³-hybridized carbons (Fsp3) is 0.333. The first-order chi connectivity index (χ1) is 10.3. The van der Waals surface area contributed by atoms with Gasteiger partial charge in [0.15, 0.2) is 12.6 Å². The molecule has 0 aromatic heterocycles. The van der Waals surface area contributed by atoms with Gasteiger partial charge in [-0.1, -0.05) is 19.2 Å². The fourth-order valence-corrected chi connectivity index (χ4v) is 1.68. The van der Waals surface area contributed by atoms with E-state index in [0.717, 1.165) is 6.08 Å². The van der Waals surface area contributed by atoms with Crippen LogP contribution in [0.4, 0.5) is 4.39 Å². The number of allylic oxidation sites excluding steroid dienone is 4. The molecule has 22 heavy (non-hydrogen) atoms. The number of nitrogens with one attached hydrogen (secondary N) is 1. The Morgan fingerprint density at radius 2 is 1.91 bits per heavy atom. The second-order valence-electron chi connectivity index (χ2n) is 4.64. The molecule has 120 valence electrons. The molecule has 0 spiro atoms. The molecule has 7 heteroatoms. The highest BCUT2D eigenvalue weighted by Gasteiger charge is 2.27. The van der Waals surface area contributed by atoms with E-state index >= 15 is 0 Å². The van der Waals surface area contributed by atoms with Crippen LogP contribution in [0.3, 0.4) is 0 Å². The van der Waals surface area contributed by atoms with Gasteiger partial charge in [-0.25, -0.2) is 4.39 Å². The van der Waals surface area contributed by atoms with Gasteiger partial charge in [0.2, 0.25) is 11.8 Å². The molecule has 0 aliphatic carbocycles. The zero-order valence-corrected chi connectivity index (χ0v) is 12.6. The minimum Gasteiger partial charge on any atom is -0.298 e. The molecule has 0 radical (unpaired) electrons. The van der Waals surface area contributed by atoms with E-state index in [1.165, 1.54) is 0 Å². The molecule has 0 bridgehead atoms. The summed E-state index contributed by atoms with van der Waals surface area (Å²) in [6.45, 7) is 6.11. The zero-order valence-electron chi connectivity index (χ0n) is 12.6. The topological polar surface area (TPSA) is 83.6 Å². The summed E-state index contributed by atoms with van der Waals surface area (Å²) in [5.41, 5.74) is -0.442. The van der Waals surface area contributed by atoms with E-state index in [9.17, 15) is 23.6 Å². The highest BCUT2D eigenvalue weighted by Crippen LogP contribution is 2.11. The Morgan fingerprint density at radius 1 is 1.32 bits per heavy atom. The van der Waals surface area contributed by atoms with E-state index < -0.39 is 5.83 Å². The Balaban J connectivity index is 0.000000401. The zero-order chi connectivity index (χ0) is 17.3. The lowest BCUT2D eigenvalue weighted by Crippen LogP contribution is -2.50. The highest BCUT2D eigenvalue weighted by molar-refractivity contribution is 6.00. The molecule has 0 aromatic carbocycles. The van der Waals surface area contributed by atoms with Crippen LogP contribution in [0.25, 0.3) is 0 Å². The summed E-state index contributed by atoms with van der Waals surface area (Å²) < 4.78 is 12.3. The largest absolute Gasteiger partial charge is 0.298 e. The van der Waals surface area contributed by atoms with Gasteiger partial charge in [-0.05, 0) is 20.5 Å². The van der Waals surface area contributed by atoms with Gasteiger partial charge >= 0.3 is 0 Å². The number of piperidine rings is 1. The van der Waals surface area contributed by atoms with Crippen molar-refractivity contribution in [1.29, 1.82) is 0 Å². The first-order valence-corrected chi connectivity index (χ1v) is 6.40. The van der Waals surface area contributed by atoms with Gasteiger partial charge in [0.1, 0.15) is 5.83 Å². The number of imide groups is 1. The lowest BCUT2D eigenvalue weighted by molar-refractivity contribution is -0.136. The van der Waals surface area contributed by atoms with E-state index in [0.29, 0.717) is 19.1 Å². The maximum atomic E-state index is 12.3. The van der Waals surface area contributed by atoms with Crippen LogP contribution in [0.1, 0.15) is 12.8 Å². The molecular formula is C15H19FN2O4. The molecule has 0 aromatic rings. The van der Waals surface area contributed by atoms with Gasteiger partial charge in [-0.2, -0.15) is 0 Å². The normalized spacial score (nSPS) is 18.5. The van der Waals surface area contributed by atoms with Gasteiger partial charge in [0.05, 0.1) is 11.6 Å². The summed E-state index contributed by atoms with van der Waals surface area (Å²) >= 11 is 0. The van der Waals surface area contributed by atoms with E-state index in [1.54, 1.807) is 0 Å². The fourth-order valence-electron chi connectivity index (χ4n) is 1.68. The van der Waals surface area contributed by atoms with Crippen LogP contribution >= 0.6 is 0 Å². The first kappa shape index (κ1) is 19.6. The van der Waals surface area contributed by atoms with E-state index in [1.807, 2.05) is 19.0 Å². The second kappa shape index (κ2) is 9.51. The predicted molar refractivity (Wildman–Crippen MR) is 79.5 cm³/mol. The summed E-state index contributed by atoms with van der Waals surface area (Å²) in [4.78, 5) is 43.9. The number of rotatable bonds is 5. The maximum Gasteiger partial charge on any atom is 0.243 e. The second-order valence-corrected chi connectivity index (χ2v) is 4.64. The molecule has 0 saturated carbocycles. The van der Waals surface area contributed by atoms with Gasteiger partial charge < -0.3 is 0 Å². The molecule has 1 unspecified atom stereocenters. The van der Waals surface area contributed by atoms with Crippen molar-refractivity contribution in [1.82, 2.24) is 10.2 Å². The molecule has 1 N–H and O–H groups in total. The monoisotopic (exact) mass is 310 g/mol. The first-order valence-electron chi connectivity index (χ1n) is 6.40. The number of hydrogen-bond acceptors (Lipinski definition) is 5. The van der Waals surface area contributed by atoms with Gasteiger partial charge in [-0.3, -0.25) is 29.4 Å². The lowest BCUT2D eigenvalue weighted by Gasteiger charge is -2.26. The number of amides is 2. The van der Waals surface area contributed by atoms with E-state index in [-0.39, 0.29) is 35.3 Å². The Hall–Kier alpha value is -2.41. The van der Waals surface area contributed by atoms with Gasteiger partial charge in [0.25, 0.3) is 0 Å². The maximum absolute atomic E-state index is 12.3. The predicted octanol–water partition coefficient (Wildman–Crippen LogP) is 0.703. The third kappa shape index (κ3) is 5.92. The number of aldehydes is 2. The minimum absolute atomic E-state index is 0.0903. The van der Waals surface area contributed by atoms with Gasteiger partial charge in [-0.15, -0.1) is 0 Å². The SMILES string of the molecule is C=C/C(C=O)=C(/C=O)C(=C)F.CN(C)C1CCC(=O)NC1=O. The van der Waals surface area contributed by atoms with Crippen molar-refractivity contribution < 1.29 is 23.6 Å². The van der Waals surface area contributed by atoms with Crippen LogP contribution in [0.2, 0.25) is 0 Å². The van der Waals surface area contributed by atoms with E-state index in [4.69, 9.17) is 0 Å². The molecule has 1 fully saturated rings. The molecule has 1 saturated heterocycles. The molecule has 1 aliphatic rings. The minimum atomic E-state index is -0.929. The van der Waals surface area contributed by atoms with E-state index in [2.05, 4.69) is 18.5 Å². The average molecular weight is 310 g/mol. The number of carbonyl (C=O) groups is 4. The van der Waals surface area contributed by atoms with Crippen LogP contribution in [-0.2, 0) is 19.2 Å². The third-order valence-electron chi connectivity index (χ3n) is 2.90. The van der Waals surface area contributed by atoms with Gasteiger partial charge in [0, 0.05) is 12.0 Å². The standard InChI is InChI=1S/C8H7FO2.C7H12N2O2/c1-3-7(4-10)8(5-11)6(2)9;1-9(2)5-3-4-6(10)8-7(5)11/h3-5H,1-2H2;5H,3-4H2,1-2H3,(H,8,10,11)/b8-7+;. The van der Waals surface area contributed by atoms with Crippen molar-refractivity contribution in [3.8, 4) is 0 Å². The van der Waals surface area contributed by atoms with Crippen LogP contribution in [0.5, 0.6) is 0 Å². The summed E-state index contributed by atoms with van der Waals surface area (Å²) in [6.07, 6.45) is 2.77. The molecule has 1 aliphatic heterocycles. The smallest absolute Gasteiger partial charge is 0.243 e. The molecule has 1 heterocycles. The number of nitrogens with zero attached hydrogens (tertiary/aromatic N) is 1. The Kier molecular flexibility index (Phi) is 8.47. The molecule has 6 nitrogen and oxygen atoms in total. The van der Waals surface area contributed by atoms with Crippen molar-refractivity contribution in [3.05, 3.63) is 36.2 Å². The summed E-state index contributed by atoms with van der Waals surface area (Å²) in [6, 6.07) is -0.132. The molecule has 1 rings (SSSR count). The summed E-state index contributed by atoms with van der Waals surface area (Å²) in [7, 11) is 3.67. The lowest BCUT2D eigenvalue weighted by atomic mass is 10.1. The van der Waals surface area contributed by atoms with Crippen molar-refractivity contribution in [2.24, 2.45) is 0 Å². The Bertz CT molecular complexity index is 514. The number of hydrogen-bond donors (Lipinski definition) is 1. The number of likely N-dealkylation sites (N-methyl/N-ethyl adjacent to an activating group) is 1. The molecular weight excluding hydrogens is 291 g/mol. The van der Waals surface area contributed by atoms with Crippen LogP contribution in [-0.4, -0.2) is 49.4 Å². The highest BCUT2D eigenvalue weighted by atomic mass is 19.1. The average Bonchev–Trinajstić information content (AvgIpc) is 2.44. The third-order valence-corrected chi connectivity index (χ3v) is 2.90. The van der Waals surface area contributed by atoms with Crippen LogP contribution in [0, 0.1) is 0 Å². The van der Waals surface area contributed by atoms with Crippen molar-refractivity contribution in [2.75, 3.05) is 14.1 Å². The summed E-state index contributed by atoms with van der Waals surface area (Å²) in [5, 5.41) is 2.29. The van der Waals surface area contributed by atoms with Crippen LogP contribution < -0.4 is 5.32 Å². The quantitative estimate of drug-likeness (QED) is 0.350. The van der Waals surface area contributed by atoms with Crippen molar-refractivity contribution in [3.63, 3.8) is 0 Å². The number of carbonyl (C=O) groups excluding carboxylic acids is 4. The summed E-state index contributed by atoms with van der Waals surface area (Å²) in [5.74, 6) is -1.26. The van der Waals surface area contributed by atoms with Crippen molar-refractivity contribution >= 4 is 24.4 Å². The van der Waals surface area contributed by atoms with Crippen LogP contribution in [0.15, 0.2) is 36.2 Å². The molecule has 2 amide bonds.